The number of amides is 1. The van der Waals surface area contributed by atoms with E-state index in [1.165, 1.54) is 6.33 Å². The Morgan fingerprint density at radius 2 is 2.05 bits per heavy atom. The SMILES string of the molecule is O=C1c2cc(-c3nc(NC4CCOCC4)ncc3Cl)ccc2CN1C[CH]c1cccc(-n2cncn2)c1. The first kappa shape index (κ1) is 23.6. The lowest BCUT2D eigenvalue weighted by molar-refractivity contribution is 0.0792. The van der Waals surface area contributed by atoms with Crippen LogP contribution in [0.4, 0.5) is 5.95 Å². The highest BCUT2D eigenvalue weighted by molar-refractivity contribution is 6.33. The molecule has 0 atom stereocenters. The number of halogens is 1. The van der Waals surface area contributed by atoms with E-state index in [4.69, 9.17) is 16.3 Å². The summed E-state index contributed by atoms with van der Waals surface area (Å²) in [6, 6.07) is 14.1. The summed E-state index contributed by atoms with van der Waals surface area (Å²) in [4.78, 5) is 28.1. The average molecular weight is 515 g/mol. The minimum Gasteiger partial charge on any atom is -0.381 e. The Hall–Kier alpha value is -3.82. The van der Waals surface area contributed by atoms with Gasteiger partial charge in [0.15, 0.2) is 0 Å². The van der Waals surface area contributed by atoms with Crippen LogP contribution in [-0.4, -0.2) is 61.3 Å². The van der Waals surface area contributed by atoms with E-state index in [0.29, 0.717) is 35.3 Å². The predicted molar refractivity (Wildman–Crippen MR) is 139 cm³/mol. The maximum Gasteiger partial charge on any atom is 0.254 e. The third-order valence-electron chi connectivity index (χ3n) is 6.66. The van der Waals surface area contributed by atoms with Gasteiger partial charge in [-0.2, -0.15) is 5.10 Å². The Kier molecular flexibility index (Phi) is 6.55. The number of anilines is 1. The number of nitrogens with zero attached hydrogens (tertiary/aromatic N) is 6. The Morgan fingerprint density at radius 1 is 1.16 bits per heavy atom. The zero-order chi connectivity index (χ0) is 25.2. The van der Waals surface area contributed by atoms with Crippen molar-refractivity contribution in [3.05, 3.63) is 89.4 Å². The van der Waals surface area contributed by atoms with Crippen LogP contribution in [0.15, 0.2) is 61.3 Å². The van der Waals surface area contributed by atoms with Crippen LogP contribution < -0.4 is 5.32 Å². The number of hydrogen-bond donors (Lipinski definition) is 1. The summed E-state index contributed by atoms with van der Waals surface area (Å²) < 4.78 is 7.13. The number of nitrogens with one attached hydrogen (secondary N) is 1. The number of aromatic nitrogens is 5. The zero-order valence-electron chi connectivity index (χ0n) is 20.0. The van der Waals surface area contributed by atoms with Crippen LogP contribution in [0.25, 0.3) is 16.9 Å². The number of benzene rings is 2. The lowest BCUT2D eigenvalue weighted by atomic mass is 10.0. The van der Waals surface area contributed by atoms with E-state index in [-0.39, 0.29) is 11.9 Å². The first-order valence-corrected chi connectivity index (χ1v) is 12.6. The first-order valence-electron chi connectivity index (χ1n) is 12.2. The predicted octanol–water partition coefficient (Wildman–Crippen LogP) is 4.18. The fourth-order valence-electron chi connectivity index (χ4n) is 4.67. The fraction of sp³-hybridized carbons (Fsp3) is 0.259. The second kappa shape index (κ2) is 10.3. The van der Waals surface area contributed by atoms with Crippen LogP contribution in [0.3, 0.4) is 0 Å². The third kappa shape index (κ3) is 5.05. The van der Waals surface area contributed by atoms with Gasteiger partial charge in [-0.25, -0.2) is 19.6 Å². The molecule has 9 nitrogen and oxygen atoms in total. The van der Waals surface area contributed by atoms with Crippen molar-refractivity contribution in [3.63, 3.8) is 0 Å². The smallest absolute Gasteiger partial charge is 0.254 e. The van der Waals surface area contributed by atoms with Gasteiger partial charge in [0, 0.05) is 49.9 Å². The average Bonchev–Trinajstić information content (AvgIpc) is 3.58. The Balaban J connectivity index is 1.16. The molecule has 1 saturated heterocycles. The van der Waals surface area contributed by atoms with Gasteiger partial charge in [-0.1, -0.05) is 35.9 Å². The van der Waals surface area contributed by atoms with Gasteiger partial charge in [0.1, 0.15) is 12.7 Å². The highest BCUT2D eigenvalue weighted by atomic mass is 35.5. The van der Waals surface area contributed by atoms with E-state index in [2.05, 4.69) is 25.4 Å². The number of ether oxygens (including phenoxy) is 1. The molecule has 10 heteroatoms. The van der Waals surface area contributed by atoms with Crippen molar-refractivity contribution in [3.8, 4) is 16.9 Å². The molecule has 0 aliphatic carbocycles. The largest absolute Gasteiger partial charge is 0.381 e. The van der Waals surface area contributed by atoms with E-state index in [0.717, 1.165) is 48.4 Å². The second-order valence-corrected chi connectivity index (χ2v) is 9.53. The molecule has 1 amide bonds. The molecular weight excluding hydrogens is 490 g/mol. The lowest BCUT2D eigenvalue weighted by Crippen LogP contribution is -2.28. The Bertz CT molecular complexity index is 1420. The number of fused-ring (bicyclic) bond motifs is 1. The van der Waals surface area contributed by atoms with E-state index < -0.39 is 0 Å². The van der Waals surface area contributed by atoms with Crippen molar-refractivity contribution in [2.24, 2.45) is 0 Å². The molecule has 2 aliphatic rings. The molecule has 1 fully saturated rings. The summed E-state index contributed by atoms with van der Waals surface area (Å²) in [6.07, 6.45) is 8.63. The summed E-state index contributed by atoms with van der Waals surface area (Å²) in [5.41, 5.74) is 4.99. The monoisotopic (exact) mass is 514 g/mol. The van der Waals surface area contributed by atoms with Crippen molar-refractivity contribution in [1.29, 1.82) is 0 Å². The number of carbonyl (C=O) groups excluding carboxylic acids is 1. The molecule has 4 aromatic rings. The quantitative estimate of drug-likeness (QED) is 0.395. The summed E-state index contributed by atoms with van der Waals surface area (Å²) in [6.45, 7) is 2.51. The van der Waals surface area contributed by atoms with Gasteiger partial charge < -0.3 is 15.0 Å². The normalized spacial score (nSPS) is 15.7. The van der Waals surface area contributed by atoms with Gasteiger partial charge >= 0.3 is 0 Å². The number of rotatable bonds is 7. The van der Waals surface area contributed by atoms with E-state index in [9.17, 15) is 4.79 Å². The maximum absolute atomic E-state index is 13.3. The molecule has 1 N–H and O–H groups in total. The summed E-state index contributed by atoms with van der Waals surface area (Å²) >= 11 is 6.47. The van der Waals surface area contributed by atoms with Crippen molar-refractivity contribution in [2.75, 3.05) is 25.1 Å². The molecule has 0 spiro atoms. The molecule has 0 unspecified atom stereocenters. The molecule has 0 bridgehead atoms. The fourth-order valence-corrected chi connectivity index (χ4v) is 4.87. The van der Waals surface area contributed by atoms with Crippen molar-refractivity contribution in [1.82, 2.24) is 29.6 Å². The van der Waals surface area contributed by atoms with Gasteiger partial charge in [-0.05, 0) is 42.2 Å². The van der Waals surface area contributed by atoms with Crippen molar-refractivity contribution >= 4 is 23.5 Å². The zero-order valence-corrected chi connectivity index (χ0v) is 20.8. The number of hydrogen-bond acceptors (Lipinski definition) is 7. The van der Waals surface area contributed by atoms with Crippen LogP contribution in [0.5, 0.6) is 0 Å². The molecule has 2 aromatic carbocycles. The van der Waals surface area contributed by atoms with Crippen LogP contribution in [0.2, 0.25) is 5.02 Å². The minimum atomic E-state index is -0.00809. The molecule has 6 rings (SSSR count). The van der Waals surface area contributed by atoms with E-state index >= 15 is 0 Å². The van der Waals surface area contributed by atoms with Gasteiger partial charge in [0.2, 0.25) is 5.95 Å². The highest BCUT2D eigenvalue weighted by Crippen LogP contribution is 2.32. The molecule has 4 heterocycles. The summed E-state index contributed by atoms with van der Waals surface area (Å²) in [5.74, 6) is 0.522. The molecule has 0 saturated carbocycles. The van der Waals surface area contributed by atoms with Crippen molar-refractivity contribution in [2.45, 2.75) is 25.4 Å². The molecule has 1 radical (unpaired) electrons. The van der Waals surface area contributed by atoms with Gasteiger partial charge in [-0.15, -0.1) is 0 Å². The standard InChI is InChI=1S/C27H25ClN7O2/c28-24-14-30-27(32-21-7-10-37-11-8-21)33-25(24)19-4-5-20-15-34(26(36)23(20)13-19)9-6-18-2-1-3-22(12-18)35-17-29-16-31-35/h1-6,12-14,16-17,21H,7-11,15H2,(H,30,32,33). The summed E-state index contributed by atoms with van der Waals surface area (Å²) in [7, 11) is 0. The maximum atomic E-state index is 13.3. The Morgan fingerprint density at radius 3 is 2.89 bits per heavy atom. The second-order valence-electron chi connectivity index (χ2n) is 9.12. The number of carbonyl (C=O) groups is 1. The molecule has 2 aliphatic heterocycles. The lowest BCUT2D eigenvalue weighted by Gasteiger charge is -2.23. The highest BCUT2D eigenvalue weighted by Gasteiger charge is 2.28. The van der Waals surface area contributed by atoms with Crippen LogP contribution in [-0.2, 0) is 11.3 Å². The van der Waals surface area contributed by atoms with Gasteiger partial charge in [0.25, 0.3) is 5.91 Å². The van der Waals surface area contributed by atoms with Crippen LogP contribution >= 0.6 is 11.6 Å². The van der Waals surface area contributed by atoms with E-state index in [1.54, 1.807) is 17.2 Å². The van der Waals surface area contributed by atoms with Gasteiger partial charge in [-0.3, -0.25) is 4.79 Å². The third-order valence-corrected chi connectivity index (χ3v) is 6.94. The summed E-state index contributed by atoms with van der Waals surface area (Å²) in [5, 5.41) is 8.01. The van der Waals surface area contributed by atoms with Crippen molar-refractivity contribution < 1.29 is 9.53 Å². The minimum absolute atomic E-state index is 0.00809. The van der Waals surface area contributed by atoms with E-state index in [1.807, 2.05) is 53.8 Å². The van der Waals surface area contributed by atoms with Crippen LogP contribution in [0, 0.1) is 6.42 Å². The van der Waals surface area contributed by atoms with Gasteiger partial charge in [0.05, 0.1) is 22.6 Å². The molecule has 2 aromatic heterocycles. The van der Waals surface area contributed by atoms with Crippen LogP contribution in [0.1, 0.15) is 34.3 Å². The first-order chi connectivity index (χ1) is 18.1. The molecule has 37 heavy (non-hydrogen) atoms. The molecule has 187 valence electrons. The Labute approximate surface area is 219 Å². The topological polar surface area (TPSA) is 98.1 Å². The molecular formula is C27H25ClN7O2.